The van der Waals surface area contributed by atoms with Crippen molar-refractivity contribution in [2.45, 2.75) is 44.4 Å². The summed E-state index contributed by atoms with van der Waals surface area (Å²) in [5.74, 6) is 1.45. The number of aryl methyl sites for hydroxylation is 1. The normalized spacial score (nSPS) is 14.8. The lowest BCUT2D eigenvalue weighted by atomic mass is 9.98. The zero-order chi connectivity index (χ0) is 23.8. The van der Waals surface area contributed by atoms with Crippen molar-refractivity contribution < 1.29 is 22.7 Å². The maximum atomic E-state index is 13.1. The zero-order valence-corrected chi connectivity index (χ0v) is 20.5. The molecule has 0 atom stereocenters. The Hall–Kier alpha value is -2.58. The van der Waals surface area contributed by atoms with Gasteiger partial charge in [0.25, 0.3) is 5.91 Å². The van der Waals surface area contributed by atoms with Crippen molar-refractivity contribution >= 4 is 15.9 Å². The fourth-order valence-electron chi connectivity index (χ4n) is 3.87. The number of methoxy groups -OCH3 is 1. The highest BCUT2D eigenvalue weighted by Gasteiger charge is 2.26. The highest BCUT2D eigenvalue weighted by molar-refractivity contribution is 7.89. The fraction of sp³-hybridized carbons (Fsp3) is 0.480. The molecule has 1 aliphatic heterocycles. The molecule has 1 aliphatic rings. The monoisotopic (exact) mass is 474 g/mol. The molecule has 33 heavy (non-hydrogen) atoms. The molecule has 3 rings (SSSR count). The van der Waals surface area contributed by atoms with Crippen LogP contribution in [0.2, 0.25) is 0 Å². The topological polar surface area (TPSA) is 84.9 Å². The standard InChI is InChI=1S/C25H34N2O5S/c1-4-5-20-6-8-21(9-7-20)32-17-14-26-33(29,30)22-10-11-24(31-3)23(18-22)25(28)27-15-12-19(2)13-16-27/h6-11,18-19,26H,4-5,12-17H2,1-3H3. The van der Waals surface area contributed by atoms with Crippen molar-refractivity contribution in [2.24, 2.45) is 5.92 Å². The molecule has 2 aromatic rings. The molecule has 8 heteroatoms. The predicted octanol–water partition coefficient (Wildman–Crippen LogP) is 3.88. The van der Waals surface area contributed by atoms with Gasteiger partial charge in [0.2, 0.25) is 10.0 Å². The molecule has 7 nitrogen and oxygen atoms in total. The van der Waals surface area contributed by atoms with Crippen LogP contribution in [-0.4, -0.2) is 52.6 Å². The average Bonchev–Trinajstić information content (AvgIpc) is 2.82. The maximum absolute atomic E-state index is 13.1. The molecule has 0 saturated carbocycles. The first kappa shape index (κ1) is 25.1. The largest absolute Gasteiger partial charge is 0.496 e. The van der Waals surface area contributed by atoms with E-state index in [-0.39, 0.29) is 29.5 Å². The van der Waals surface area contributed by atoms with Crippen molar-refractivity contribution in [1.29, 1.82) is 0 Å². The number of sulfonamides is 1. The summed E-state index contributed by atoms with van der Waals surface area (Å²) in [4.78, 5) is 14.9. The van der Waals surface area contributed by atoms with Crippen LogP contribution in [0.25, 0.3) is 0 Å². The van der Waals surface area contributed by atoms with Crippen molar-refractivity contribution in [1.82, 2.24) is 9.62 Å². The second-order valence-corrected chi connectivity index (χ2v) is 10.2. The Kier molecular flexibility index (Phi) is 8.74. The van der Waals surface area contributed by atoms with Crippen LogP contribution < -0.4 is 14.2 Å². The van der Waals surface area contributed by atoms with E-state index in [1.807, 2.05) is 24.3 Å². The molecule has 1 amide bonds. The molecule has 0 radical (unpaired) electrons. The van der Waals surface area contributed by atoms with Crippen molar-refractivity contribution in [3.63, 3.8) is 0 Å². The van der Waals surface area contributed by atoms with E-state index in [4.69, 9.17) is 9.47 Å². The Labute approximate surface area is 197 Å². The molecule has 0 aromatic heterocycles. The Morgan fingerprint density at radius 1 is 1.12 bits per heavy atom. The first-order chi connectivity index (χ1) is 15.8. The van der Waals surface area contributed by atoms with Gasteiger partial charge in [0.05, 0.1) is 17.6 Å². The molecular weight excluding hydrogens is 440 g/mol. The molecule has 0 bridgehead atoms. The SMILES string of the molecule is CCCc1ccc(OCCNS(=O)(=O)c2ccc(OC)c(C(=O)N3CCC(C)CC3)c2)cc1. The van der Waals surface area contributed by atoms with E-state index in [0.717, 1.165) is 25.7 Å². The average molecular weight is 475 g/mol. The minimum Gasteiger partial charge on any atom is -0.496 e. The third-order valence-electron chi connectivity index (χ3n) is 5.91. The zero-order valence-electron chi connectivity index (χ0n) is 19.7. The Balaban J connectivity index is 1.62. The fourth-order valence-corrected chi connectivity index (χ4v) is 4.91. The van der Waals surface area contributed by atoms with Crippen LogP contribution in [0, 0.1) is 5.92 Å². The van der Waals surface area contributed by atoms with Gasteiger partial charge >= 0.3 is 0 Å². The number of ether oxygens (including phenoxy) is 2. The van der Waals surface area contributed by atoms with Gasteiger partial charge in [-0.05, 0) is 61.1 Å². The third kappa shape index (κ3) is 6.71. The number of rotatable bonds is 10. The van der Waals surface area contributed by atoms with Crippen molar-refractivity contribution in [2.75, 3.05) is 33.4 Å². The van der Waals surface area contributed by atoms with E-state index in [1.165, 1.54) is 30.9 Å². The second kappa shape index (κ2) is 11.5. The molecule has 0 unspecified atom stereocenters. The number of benzene rings is 2. The van der Waals surface area contributed by atoms with E-state index < -0.39 is 10.0 Å². The molecule has 1 N–H and O–H groups in total. The van der Waals surface area contributed by atoms with Gasteiger partial charge in [-0.2, -0.15) is 0 Å². The molecule has 0 aliphatic carbocycles. The third-order valence-corrected chi connectivity index (χ3v) is 7.37. The highest BCUT2D eigenvalue weighted by atomic mass is 32.2. The van der Waals surface area contributed by atoms with E-state index in [1.54, 1.807) is 4.90 Å². The number of hydrogen-bond donors (Lipinski definition) is 1. The number of nitrogens with one attached hydrogen (secondary N) is 1. The van der Waals surface area contributed by atoms with E-state index in [2.05, 4.69) is 18.6 Å². The number of likely N-dealkylation sites (tertiary alicyclic amines) is 1. The van der Waals surface area contributed by atoms with Gasteiger partial charge in [-0.1, -0.05) is 32.4 Å². The Morgan fingerprint density at radius 2 is 1.82 bits per heavy atom. The summed E-state index contributed by atoms with van der Waals surface area (Å²) in [5, 5.41) is 0. The predicted molar refractivity (Wildman–Crippen MR) is 128 cm³/mol. The summed E-state index contributed by atoms with van der Waals surface area (Å²) >= 11 is 0. The maximum Gasteiger partial charge on any atom is 0.257 e. The van der Waals surface area contributed by atoms with Gasteiger partial charge < -0.3 is 14.4 Å². The first-order valence-corrected chi connectivity index (χ1v) is 13.0. The summed E-state index contributed by atoms with van der Waals surface area (Å²) in [6, 6.07) is 12.2. The van der Waals surface area contributed by atoms with Crippen LogP contribution in [0.1, 0.15) is 49.0 Å². The quantitative estimate of drug-likeness (QED) is 0.529. The lowest BCUT2D eigenvalue weighted by Gasteiger charge is -2.30. The summed E-state index contributed by atoms with van der Waals surface area (Å²) in [6.07, 6.45) is 3.98. The van der Waals surface area contributed by atoms with Gasteiger partial charge in [-0.15, -0.1) is 0 Å². The number of carbonyl (C=O) groups excluding carboxylic acids is 1. The van der Waals surface area contributed by atoms with E-state index >= 15 is 0 Å². The van der Waals surface area contributed by atoms with Crippen LogP contribution in [0.3, 0.4) is 0 Å². The van der Waals surface area contributed by atoms with Crippen molar-refractivity contribution in [3.05, 3.63) is 53.6 Å². The number of amides is 1. The van der Waals surface area contributed by atoms with E-state index in [9.17, 15) is 13.2 Å². The Bertz CT molecular complexity index is 1030. The highest BCUT2D eigenvalue weighted by Crippen LogP contribution is 2.26. The van der Waals surface area contributed by atoms with Crippen LogP contribution in [0.5, 0.6) is 11.5 Å². The van der Waals surface area contributed by atoms with Gasteiger partial charge in [-0.3, -0.25) is 4.79 Å². The molecule has 180 valence electrons. The Morgan fingerprint density at radius 3 is 2.45 bits per heavy atom. The van der Waals surface area contributed by atoms with Crippen LogP contribution in [0.15, 0.2) is 47.4 Å². The summed E-state index contributed by atoms with van der Waals surface area (Å²) in [6.45, 7) is 5.93. The molecular formula is C25H34N2O5S. The molecule has 1 saturated heterocycles. The first-order valence-electron chi connectivity index (χ1n) is 11.5. The van der Waals surface area contributed by atoms with Crippen LogP contribution in [-0.2, 0) is 16.4 Å². The minimum absolute atomic E-state index is 0.0287. The number of nitrogens with zero attached hydrogens (tertiary/aromatic N) is 1. The van der Waals surface area contributed by atoms with Gasteiger partial charge in [0, 0.05) is 19.6 Å². The number of hydrogen-bond acceptors (Lipinski definition) is 5. The lowest BCUT2D eigenvalue weighted by Crippen LogP contribution is -2.38. The van der Waals surface area contributed by atoms with Crippen LogP contribution in [0.4, 0.5) is 0 Å². The van der Waals surface area contributed by atoms with Crippen molar-refractivity contribution in [3.8, 4) is 11.5 Å². The summed E-state index contributed by atoms with van der Waals surface area (Å²) in [5.41, 5.74) is 1.51. The minimum atomic E-state index is -3.81. The number of carbonyl (C=O) groups is 1. The smallest absolute Gasteiger partial charge is 0.257 e. The summed E-state index contributed by atoms with van der Waals surface area (Å²) < 4.78 is 39.2. The van der Waals surface area contributed by atoms with Crippen LogP contribution >= 0.6 is 0 Å². The molecule has 1 heterocycles. The van der Waals surface area contributed by atoms with Gasteiger partial charge in [0.1, 0.15) is 18.1 Å². The lowest BCUT2D eigenvalue weighted by molar-refractivity contribution is 0.0693. The molecule has 1 fully saturated rings. The molecule has 2 aromatic carbocycles. The summed E-state index contributed by atoms with van der Waals surface area (Å²) in [7, 11) is -2.33. The molecule has 0 spiro atoms. The van der Waals surface area contributed by atoms with Gasteiger partial charge in [-0.25, -0.2) is 13.1 Å². The van der Waals surface area contributed by atoms with Gasteiger partial charge in [0.15, 0.2) is 0 Å². The number of piperidine rings is 1. The van der Waals surface area contributed by atoms with E-state index in [0.29, 0.717) is 30.5 Å². The second-order valence-electron chi connectivity index (χ2n) is 8.48.